The summed E-state index contributed by atoms with van der Waals surface area (Å²) in [6, 6.07) is 0. The van der Waals surface area contributed by atoms with Crippen LogP contribution in [0, 0.1) is 11.8 Å². The van der Waals surface area contributed by atoms with Gasteiger partial charge >= 0.3 is 5.97 Å². The molecule has 9 heteroatoms. The summed E-state index contributed by atoms with van der Waals surface area (Å²) in [7, 11) is 0. The van der Waals surface area contributed by atoms with E-state index in [-0.39, 0.29) is 42.2 Å². The lowest BCUT2D eigenvalue weighted by atomic mass is 9.93. The van der Waals surface area contributed by atoms with E-state index in [9.17, 15) is 9.90 Å². The Morgan fingerprint density at radius 3 is 3.04 bits per heavy atom. The van der Waals surface area contributed by atoms with E-state index >= 15 is 0 Å². The summed E-state index contributed by atoms with van der Waals surface area (Å²) in [6.45, 7) is 2.93. The minimum absolute atomic E-state index is 0.0160. The third-order valence-corrected chi connectivity index (χ3v) is 7.83. The first-order valence-electron chi connectivity index (χ1n) is 9.89. The zero-order valence-electron chi connectivity index (χ0n) is 16.0. The van der Waals surface area contributed by atoms with Crippen LogP contribution in [0.15, 0.2) is 9.72 Å². The summed E-state index contributed by atoms with van der Waals surface area (Å²) in [5.41, 5.74) is 0.361. The lowest BCUT2D eigenvalue weighted by Gasteiger charge is -2.29. The highest BCUT2D eigenvalue weighted by Crippen LogP contribution is 2.41. The van der Waals surface area contributed by atoms with Crippen LogP contribution < -0.4 is 0 Å². The molecule has 2 aliphatic rings. The molecule has 2 fully saturated rings. The second-order valence-electron chi connectivity index (χ2n) is 7.09. The van der Waals surface area contributed by atoms with Gasteiger partial charge in [0.05, 0.1) is 12.7 Å². The summed E-state index contributed by atoms with van der Waals surface area (Å²) in [6.07, 6.45) is 4.50. The number of nitrogens with zero attached hydrogens (tertiary/aromatic N) is 1. The molecule has 0 bridgehead atoms. The van der Waals surface area contributed by atoms with Gasteiger partial charge in [-0.25, -0.2) is 9.78 Å². The number of aliphatic hydroxyl groups is 1. The van der Waals surface area contributed by atoms with Crippen LogP contribution in [0.4, 0.5) is 0 Å². The van der Waals surface area contributed by atoms with Gasteiger partial charge in [-0.05, 0) is 44.9 Å². The van der Waals surface area contributed by atoms with Crippen molar-refractivity contribution < 1.29 is 24.1 Å². The molecule has 6 nitrogen and oxygen atoms in total. The van der Waals surface area contributed by atoms with E-state index in [0.717, 1.165) is 48.8 Å². The molecule has 0 radical (unpaired) electrons. The van der Waals surface area contributed by atoms with Crippen LogP contribution in [-0.2, 0) is 14.2 Å². The number of aliphatic hydroxyl groups excluding tert-OH is 1. The van der Waals surface area contributed by atoms with Crippen molar-refractivity contribution in [2.75, 3.05) is 25.6 Å². The van der Waals surface area contributed by atoms with Gasteiger partial charge in [-0.3, -0.25) is 0 Å². The number of thioether (sulfide) groups is 1. The summed E-state index contributed by atoms with van der Waals surface area (Å²) in [4.78, 5) is 16.0. The number of esters is 1. The van der Waals surface area contributed by atoms with Crippen molar-refractivity contribution in [1.29, 1.82) is 0 Å². The van der Waals surface area contributed by atoms with Gasteiger partial charge < -0.3 is 19.3 Å². The summed E-state index contributed by atoms with van der Waals surface area (Å²) in [5.74, 6) is 0.664. The number of hydrogen-bond donors (Lipinski definition) is 1. The number of rotatable bonds is 9. The van der Waals surface area contributed by atoms with E-state index in [0.29, 0.717) is 12.3 Å². The Morgan fingerprint density at radius 2 is 2.32 bits per heavy atom. The highest BCUT2D eigenvalue weighted by Gasteiger charge is 2.43. The molecule has 158 valence electrons. The number of hydrogen-bond acceptors (Lipinski definition) is 8. The van der Waals surface area contributed by atoms with Crippen LogP contribution in [0.1, 0.15) is 49.5 Å². The second kappa shape index (κ2) is 11.1. The van der Waals surface area contributed by atoms with Crippen LogP contribution in [0.3, 0.4) is 0 Å². The van der Waals surface area contributed by atoms with Gasteiger partial charge in [-0.15, -0.1) is 22.9 Å². The van der Waals surface area contributed by atoms with Crippen molar-refractivity contribution in [2.45, 2.75) is 61.1 Å². The van der Waals surface area contributed by atoms with Crippen LogP contribution in [-0.4, -0.2) is 59.4 Å². The largest absolute Gasteiger partial charge is 0.461 e. The molecule has 1 unspecified atom stereocenters. The molecule has 1 aliphatic heterocycles. The van der Waals surface area contributed by atoms with E-state index in [2.05, 4.69) is 4.98 Å². The molecule has 5 atom stereocenters. The number of ether oxygens (including phenoxy) is 3. The van der Waals surface area contributed by atoms with E-state index in [1.807, 2.05) is 0 Å². The van der Waals surface area contributed by atoms with Gasteiger partial charge in [0.15, 0.2) is 16.3 Å². The maximum absolute atomic E-state index is 11.7. The molecule has 1 aromatic rings. The Morgan fingerprint density at radius 1 is 1.46 bits per heavy atom. The highest BCUT2D eigenvalue weighted by atomic mass is 35.5. The molecule has 28 heavy (non-hydrogen) atoms. The topological polar surface area (TPSA) is 77.9 Å². The standard InChI is InChI=1S/C19H28ClNO5S2/c1-2-24-18(23)15-11-28-19(21-15)27-8-6-12-13(10-22)16(9-14(12)20)26-17-5-3-4-7-25-17/h11-14,16-17,22H,2-10H2,1H3/t12-,13-,14+,16-,17?/m1/s1. The van der Waals surface area contributed by atoms with Crippen LogP contribution in [0.25, 0.3) is 0 Å². The molecule has 3 rings (SSSR count). The van der Waals surface area contributed by atoms with Crippen LogP contribution in [0.5, 0.6) is 0 Å². The molecular weight excluding hydrogens is 422 g/mol. The average molecular weight is 450 g/mol. The van der Waals surface area contributed by atoms with E-state index in [1.165, 1.54) is 11.3 Å². The molecule has 0 aromatic carbocycles. The Kier molecular flexibility index (Phi) is 8.87. The molecule has 1 aromatic heterocycles. The highest BCUT2D eigenvalue weighted by molar-refractivity contribution is 8.01. The molecule has 0 spiro atoms. The predicted octanol–water partition coefficient (Wildman–Crippen LogP) is 3.95. The fourth-order valence-electron chi connectivity index (χ4n) is 3.84. The Hall–Kier alpha value is -0.380. The lowest BCUT2D eigenvalue weighted by molar-refractivity contribution is -0.197. The van der Waals surface area contributed by atoms with Crippen LogP contribution >= 0.6 is 34.7 Å². The number of carbonyl (C=O) groups excluding carboxylic acids is 1. The normalized spacial score (nSPS) is 30.5. The summed E-state index contributed by atoms with van der Waals surface area (Å²) in [5, 5.41) is 11.6. The smallest absolute Gasteiger partial charge is 0.357 e. The van der Waals surface area contributed by atoms with Crippen molar-refractivity contribution in [1.82, 2.24) is 4.98 Å². The van der Waals surface area contributed by atoms with Gasteiger partial charge in [-0.1, -0.05) is 11.8 Å². The molecular formula is C19H28ClNO5S2. The maximum Gasteiger partial charge on any atom is 0.357 e. The third-order valence-electron chi connectivity index (χ3n) is 5.27. The molecule has 1 saturated carbocycles. The Labute approximate surface area is 179 Å². The zero-order valence-corrected chi connectivity index (χ0v) is 18.4. The Balaban J connectivity index is 1.48. The monoisotopic (exact) mass is 449 g/mol. The molecule has 1 aliphatic carbocycles. The Bertz CT molecular complexity index is 625. The first-order chi connectivity index (χ1) is 13.6. The number of carbonyl (C=O) groups is 1. The van der Waals surface area contributed by atoms with Gasteiger partial charge in [0.25, 0.3) is 0 Å². The number of alkyl halides is 1. The first-order valence-corrected chi connectivity index (χ1v) is 12.2. The van der Waals surface area contributed by atoms with Gasteiger partial charge in [0, 0.05) is 35.6 Å². The van der Waals surface area contributed by atoms with Crippen molar-refractivity contribution in [3.63, 3.8) is 0 Å². The first kappa shape index (κ1) is 22.3. The van der Waals surface area contributed by atoms with Gasteiger partial charge in [0.1, 0.15) is 0 Å². The summed E-state index contributed by atoms with van der Waals surface area (Å²) >= 11 is 9.66. The third kappa shape index (κ3) is 5.83. The molecule has 1 saturated heterocycles. The number of aromatic nitrogens is 1. The number of thiazole rings is 1. The predicted molar refractivity (Wildman–Crippen MR) is 110 cm³/mol. The van der Waals surface area contributed by atoms with E-state index < -0.39 is 0 Å². The van der Waals surface area contributed by atoms with Crippen molar-refractivity contribution in [3.8, 4) is 0 Å². The quantitative estimate of drug-likeness (QED) is 0.347. The number of halogens is 1. The fourth-order valence-corrected chi connectivity index (χ4v) is 6.23. The minimum Gasteiger partial charge on any atom is -0.461 e. The van der Waals surface area contributed by atoms with E-state index in [1.54, 1.807) is 24.1 Å². The maximum atomic E-state index is 11.7. The van der Waals surface area contributed by atoms with Gasteiger partial charge in [0.2, 0.25) is 0 Å². The van der Waals surface area contributed by atoms with Crippen molar-refractivity contribution in [3.05, 3.63) is 11.1 Å². The average Bonchev–Trinajstić information content (AvgIpc) is 3.28. The summed E-state index contributed by atoms with van der Waals surface area (Å²) < 4.78 is 17.6. The van der Waals surface area contributed by atoms with Gasteiger partial charge in [-0.2, -0.15) is 0 Å². The zero-order chi connectivity index (χ0) is 19.9. The van der Waals surface area contributed by atoms with Crippen molar-refractivity contribution >= 4 is 40.7 Å². The minimum atomic E-state index is -0.382. The fraction of sp³-hybridized carbons (Fsp3) is 0.789. The molecule has 2 heterocycles. The van der Waals surface area contributed by atoms with E-state index in [4.69, 9.17) is 25.8 Å². The molecule has 0 amide bonds. The lowest BCUT2D eigenvalue weighted by Crippen LogP contribution is -2.33. The molecule has 1 N–H and O–H groups in total. The SMILES string of the molecule is CCOC(=O)c1csc(SCC[C@@H]2[C@@H](CO)[C@H](OC3CCCCO3)C[C@@H]2Cl)n1. The van der Waals surface area contributed by atoms with Crippen LogP contribution in [0.2, 0.25) is 0 Å². The second-order valence-corrected chi connectivity index (χ2v) is 9.85. The van der Waals surface area contributed by atoms with Crippen molar-refractivity contribution in [2.24, 2.45) is 11.8 Å².